The van der Waals surface area contributed by atoms with Gasteiger partial charge in [0, 0.05) is 32.8 Å². The van der Waals surface area contributed by atoms with Crippen molar-refractivity contribution in [3.63, 3.8) is 0 Å². The van der Waals surface area contributed by atoms with Crippen LogP contribution in [0.15, 0.2) is 77.8 Å². The van der Waals surface area contributed by atoms with E-state index in [-0.39, 0.29) is 16.1 Å². The zero-order valence-electron chi connectivity index (χ0n) is 15.3. The van der Waals surface area contributed by atoms with Crippen LogP contribution in [0.3, 0.4) is 0 Å². The first-order chi connectivity index (χ1) is 14.3. The average molecular weight is 460 g/mol. The van der Waals surface area contributed by atoms with Crippen molar-refractivity contribution in [1.29, 1.82) is 0 Å². The van der Waals surface area contributed by atoms with Crippen LogP contribution in [0.4, 0.5) is 11.4 Å². The lowest BCUT2D eigenvalue weighted by Gasteiger charge is -2.13. The Labute approximate surface area is 182 Å². The van der Waals surface area contributed by atoms with E-state index < -0.39 is 15.9 Å². The number of fused-ring (bicyclic) bond motifs is 1. The first kappa shape index (κ1) is 20.3. The van der Waals surface area contributed by atoms with Gasteiger partial charge in [0.15, 0.2) is 0 Å². The molecule has 0 aliphatic rings. The predicted octanol–water partition coefficient (Wildman–Crippen LogP) is 5.53. The summed E-state index contributed by atoms with van der Waals surface area (Å²) < 4.78 is 27.9. The van der Waals surface area contributed by atoms with E-state index in [9.17, 15) is 13.2 Å². The maximum atomic E-state index is 12.9. The summed E-state index contributed by atoms with van der Waals surface area (Å²) in [5.74, 6) is -0.499. The zero-order chi connectivity index (χ0) is 21.3. The molecule has 3 aromatic carbocycles. The van der Waals surface area contributed by atoms with Crippen molar-refractivity contribution in [2.45, 2.75) is 4.90 Å². The van der Waals surface area contributed by atoms with Crippen LogP contribution in [0.1, 0.15) is 10.4 Å². The molecule has 0 bridgehead atoms. The van der Waals surface area contributed by atoms with Gasteiger partial charge in [-0.25, -0.2) is 8.42 Å². The molecule has 0 saturated heterocycles. The molecule has 3 N–H and O–H groups in total. The highest BCUT2D eigenvalue weighted by atomic mass is 35.5. The van der Waals surface area contributed by atoms with Crippen LogP contribution < -0.4 is 10.0 Å². The number of hydrogen-bond donors (Lipinski definition) is 3. The van der Waals surface area contributed by atoms with E-state index in [1.165, 1.54) is 42.5 Å². The van der Waals surface area contributed by atoms with Crippen LogP contribution in [-0.2, 0) is 10.0 Å². The molecule has 9 heteroatoms. The van der Waals surface area contributed by atoms with Crippen molar-refractivity contribution in [1.82, 2.24) is 4.98 Å². The van der Waals surface area contributed by atoms with Crippen molar-refractivity contribution < 1.29 is 13.2 Å². The summed E-state index contributed by atoms with van der Waals surface area (Å²) in [5, 5.41) is 4.43. The van der Waals surface area contributed by atoms with E-state index in [0.29, 0.717) is 15.7 Å². The highest BCUT2D eigenvalue weighted by Crippen LogP contribution is 2.26. The summed E-state index contributed by atoms with van der Waals surface area (Å²) in [6, 6.07) is 17.4. The van der Waals surface area contributed by atoms with E-state index in [0.717, 1.165) is 10.9 Å². The molecule has 1 amide bonds. The van der Waals surface area contributed by atoms with Gasteiger partial charge in [-0.15, -0.1) is 0 Å². The molecule has 0 spiro atoms. The van der Waals surface area contributed by atoms with Gasteiger partial charge < -0.3 is 10.3 Å². The maximum Gasteiger partial charge on any atom is 0.261 e. The summed E-state index contributed by atoms with van der Waals surface area (Å²) in [6.07, 6.45) is 1.80. The van der Waals surface area contributed by atoms with Gasteiger partial charge in [-0.3, -0.25) is 9.52 Å². The smallest absolute Gasteiger partial charge is 0.261 e. The van der Waals surface area contributed by atoms with Gasteiger partial charge in [0.1, 0.15) is 0 Å². The molecule has 0 aliphatic carbocycles. The van der Waals surface area contributed by atoms with Crippen LogP contribution in [0, 0.1) is 0 Å². The number of aromatic nitrogens is 1. The molecular formula is C21H15Cl2N3O3S. The van der Waals surface area contributed by atoms with Gasteiger partial charge >= 0.3 is 0 Å². The van der Waals surface area contributed by atoms with Crippen LogP contribution in [0.5, 0.6) is 0 Å². The first-order valence-corrected chi connectivity index (χ1v) is 11.0. The minimum Gasteiger partial charge on any atom is -0.361 e. The Kier molecular flexibility index (Phi) is 5.42. The highest BCUT2D eigenvalue weighted by molar-refractivity contribution is 7.92. The SMILES string of the molecule is O=C(Nc1ccc2[nH]ccc2c1)c1cc(Cl)ccc1NS(=O)(=O)c1ccc(Cl)cc1. The van der Waals surface area contributed by atoms with Crippen LogP contribution >= 0.6 is 23.2 Å². The fourth-order valence-corrected chi connectivity index (χ4v) is 4.32. The largest absolute Gasteiger partial charge is 0.361 e. The number of halogens is 2. The second kappa shape index (κ2) is 8.02. The Morgan fingerprint density at radius 3 is 2.37 bits per heavy atom. The standard InChI is InChI=1S/C21H15Cl2N3O3S/c22-14-1-5-17(6-2-14)30(28,29)26-20-7-3-15(23)12-18(20)21(27)25-16-4-8-19-13(11-16)9-10-24-19/h1-12,24,26H,(H,25,27). The van der Waals surface area contributed by atoms with Gasteiger partial charge in [0.05, 0.1) is 16.1 Å². The second-order valence-corrected chi connectivity index (χ2v) is 9.04. The molecule has 30 heavy (non-hydrogen) atoms. The normalized spacial score (nSPS) is 11.4. The fourth-order valence-electron chi connectivity index (χ4n) is 2.94. The number of carbonyl (C=O) groups is 1. The van der Waals surface area contributed by atoms with Gasteiger partial charge in [-0.2, -0.15) is 0 Å². The van der Waals surface area contributed by atoms with Crippen molar-refractivity contribution in [3.8, 4) is 0 Å². The summed E-state index contributed by atoms with van der Waals surface area (Å²) in [6.45, 7) is 0. The molecule has 1 aromatic heterocycles. The number of carbonyl (C=O) groups excluding carboxylic acids is 1. The van der Waals surface area contributed by atoms with Gasteiger partial charge in [0.25, 0.3) is 15.9 Å². The van der Waals surface area contributed by atoms with E-state index >= 15 is 0 Å². The number of benzene rings is 3. The van der Waals surface area contributed by atoms with Crippen molar-refractivity contribution in [3.05, 3.63) is 88.5 Å². The molecule has 1 heterocycles. The van der Waals surface area contributed by atoms with Crippen LogP contribution in [0.2, 0.25) is 10.0 Å². The number of nitrogens with one attached hydrogen (secondary N) is 3. The molecule has 0 radical (unpaired) electrons. The van der Waals surface area contributed by atoms with Crippen molar-refractivity contribution in [2.75, 3.05) is 10.0 Å². The third-order valence-electron chi connectivity index (χ3n) is 4.41. The minimum atomic E-state index is -3.93. The summed E-state index contributed by atoms with van der Waals surface area (Å²) in [4.78, 5) is 16.0. The molecule has 0 atom stereocenters. The number of aromatic amines is 1. The van der Waals surface area contributed by atoms with Crippen LogP contribution in [0.25, 0.3) is 10.9 Å². The third-order valence-corrected chi connectivity index (χ3v) is 6.27. The average Bonchev–Trinajstić information content (AvgIpc) is 3.17. The molecule has 4 aromatic rings. The number of hydrogen-bond acceptors (Lipinski definition) is 3. The summed E-state index contributed by atoms with van der Waals surface area (Å²) in [7, 11) is -3.93. The maximum absolute atomic E-state index is 12.9. The second-order valence-electron chi connectivity index (χ2n) is 6.48. The monoisotopic (exact) mass is 459 g/mol. The number of amides is 1. The quantitative estimate of drug-likeness (QED) is 0.366. The first-order valence-electron chi connectivity index (χ1n) is 8.78. The lowest BCUT2D eigenvalue weighted by Crippen LogP contribution is -2.18. The summed E-state index contributed by atoms with van der Waals surface area (Å²) >= 11 is 11.9. The Bertz CT molecular complexity index is 1350. The Morgan fingerprint density at radius 2 is 1.60 bits per heavy atom. The van der Waals surface area contributed by atoms with Crippen molar-refractivity contribution >= 4 is 61.4 Å². The molecule has 6 nitrogen and oxygen atoms in total. The molecule has 152 valence electrons. The minimum absolute atomic E-state index is 0.0196. The Balaban J connectivity index is 1.64. The molecule has 0 aliphatic heterocycles. The number of rotatable bonds is 5. The molecule has 0 fully saturated rings. The van der Waals surface area contributed by atoms with Gasteiger partial charge in [0.2, 0.25) is 0 Å². The number of anilines is 2. The lowest BCUT2D eigenvalue weighted by molar-refractivity contribution is 0.102. The highest BCUT2D eigenvalue weighted by Gasteiger charge is 2.19. The molecule has 0 unspecified atom stereocenters. The van der Waals surface area contributed by atoms with E-state index in [2.05, 4.69) is 15.0 Å². The number of H-pyrrole nitrogens is 1. The zero-order valence-corrected chi connectivity index (χ0v) is 17.6. The topological polar surface area (TPSA) is 91.1 Å². The number of sulfonamides is 1. The van der Waals surface area contributed by atoms with E-state index in [4.69, 9.17) is 23.2 Å². The lowest BCUT2D eigenvalue weighted by atomic mass is 10.1. The molecule has 4 rings (SSSR count). The third kappa shape index (κ3) is 4.28. The van der Waals surface area contributed by atoms with E-state index in [1.807, 2.05) is 18.2 Å². The summed E-state index contributed by atoms with van der Waals surface area (Å²) in [5.41, 5.74) is 1.70. The van der Waals surface area contributed by atoms with Gasteiger partial charge in [-0.1, -0.05) is 23.2 Å². The fraction of sp³-hybridized carbons (Fsp3) is 0. The Morgan fingerprint density at radius 1 is 0.867 bits per heavy atom. The predicted molar refractivity (Wildman–Crippen MR) is 120 cm³/mol. The van der Waals surface area contributed by atoms with E-state index in [1.54, 1.807) is 12.3 Å². The van der Waals surface area contributed by atoms with Crippen LogP contribution in [-0.4, -0.2) is 19.3 Å². The van der Waals surface area contributed by atoms with Crippen molar-refractivity contribution in [2.24, 2.45) is 0 Å². The molecular weight excluding hydrogens is 445 g/mol. The molecule has 0 saturated carbocycles. The van der Waals surface area contributed by atoms with Gasteiger partial charge in [-0.05, 0) is 66.7 Å². The Hall–Kier alpha value is -3.00.